The van der Waals surface area contributed by atoms with Crippen LogP contribution in [0.15, 0.2) is 12.3 Å². The lowest BCUT2D eigenvalue weighted by atomic mass is 10.0. The highest BCUT2D eigenvalue weighted by Crippen LogP contribution is 2.42. The standard InChI is InChI=1S/C15H28N2O2Si/c1-15(2,3)20(5,6)19-11-9-12(14(18)10-11)13-7-8-16-17(13)4/h7-8,11-12,14,18H,9-10H2,1-6H3/t11-,12+,14+/m1/s1. The van der Waals surface area contributed by atoms with Gasteiger partial charge in [0.25, 0.3) is 0 Å². The molecule has 2 rings (SSSR count). The van der Waals surface area contributed by atoms with Crippen LogP contribution in [-0.2, 0) is 11.5 Å². The van der Waals surface area contributed by atoms with E-state index in [1.165, 1.54) is 0 Å². The number of hydrogen-bond donors (Lipinski definition) is 1. The summed E-state index contributed by atoms with van der Waals surface area (Å²) < 4.78 is 8.31. The van der Waals surface area contributed by atoms with E-state index in [1.54, 1.807) is 6.20 Å². The predicted octanol–water partition coefficient (Wildman–Crippen LogP) is 3.05. The van der Waals surface area contributed by atoms with Gasteiger partial charge in [-0.25, -0.2) is 0 Å². The van der Waals surface area contributed by atoms with Gasteiger partial charge in [0.15, 0.2) is 8.32 Å². The molecule has 0 bridgehead atoms. The van der Waals surface area contributed by atoms with E-state index in [4.69, 9.17) is 4.43 Å². The van der Waals surface area contributed by atoms with Crippen molar-refractivity contribution in [1.29, 1.82) is 0 Å². The molecule has 0 amide bonds. The van der Waals surface area contributed by atoms with E-state index in [0.29, 0.717) is 0 Å². The van der Waals surface area contributed by atoms with E-state index in [2.05, 4.69) is 39.0 Å². The van der Waals surface area contributed by atoms with E-state index in [0.717, 1.165) is 18.5 Å². The molecule has 0 unspecified atom stereocenters. The Morgan fingerprint density at radius 2 is 2.00 bits per heavy atom. The molecule has 0 saturated heterocycles. The molecular formula is C15H28N2O2Si. The van der Waals surface area contributed by atoms with Gasteiger partial charge in [0.1, 0.15) is 0 Å². The second-order valence-electron chi connectivity index (χ2n) is 7.53. The Hall–Kier alpha value is -0.653. The van der Waals surface area contributed by atoms with Crippen LogP contribution in [0, 0.1) is 0 Å². The molecule has 114 valence electrons. The largest absolute Gasteiger partial charge is 0.414 e. The lowest BCUT2D eigenvalue weighted by Crippen LogP contribution is -2.43. The molecule has 1 aliphatic rings. The lowest BCUT2D eigenvalue weighted by Gasteiger charge is -2.38. The van der Waals surface area contributed by atoms with Crippen molar-refractivity contribution in [3.05, 3.63) is 18.0 Å². The third kappa shape index (κ3) is 2.99. The molecule has 3 atom stereocenters. The normalized spacial score (nSPS) is 28.1. The number of aliphatic hydroxyl groups excluding tert-OH is 1. The lowest BCUT2D eigenvalue weighted by molar-refractivity contribution is 0.135. The van der Waals surface area contributed by atoms with E-state index in [9.17, 15) is 5.11 Å². The molecule has 0 radical (unpaired) electrons. The van der Waals surface area contributed by atoms with Gasteiger partial charge in [-0.05, 0) is 37.0 Å². The molecule has 0 aromatic carbocycles. The Morgan fingerprint density at radius 3 is 2.50 bits per heavy atom. The van der Waals surface area contributed by atoms with Crippen molar-refractivity contribution in [1.82, 2.24) is 9.78 Å². The molecule has 0 spiro atoms. The molecule has 1 heterocycles. The van der Waals surface area contributed by atoms with Gasteiger partial charge in [-0.3, -0.25) is 4.68 Å². The van der Waals surface area contributed by atoms with Crippen LogP contribution in [0.5, 0.6) is 0 Å². The third-order valence-corrected chi connectivity index (χ3v) is 9.53. The van der Waals surface area contributed by atoms with Gasteiger partial charge in [-0.2, -0.15) is 5.10 Å². The maximum Gasteiger partial charge on any atom is 0.192 e. The van der Waals surface area contributed by atoms with Crippen molar-refractivity contribution in [2.75, 3.05) is 0 Å². The highest BCUT2D eigenvalue weighted by atomic mass is 28.4. The monoisotopic (exact) mass is 296 g/mol. The minimum absolute atomic E-state index is 0.150. The minimum atomic E-state index is -1.76. The number of aryl methyl sites for hydroxylation is 1. The summed E-state index contributed by atoms with van der Waals surface area (Å²) in [5, 5.41) is 14.8. The Balaban J connectivity index is 2.07. The Morgan fingerprint density at radius 1 is 1.35 bits per heavy atom. The summed E-state index contributed by atoms with van der Waals surface area (Å²) in [6.45, 7) is 11.3. The summed E-state index contributed by atoms with van der Waals surface area (Å²) in [7, 11) is 0.174. The van der Waals surface area contributed by atoms with Crippen LogP contribution in [0.4, 0.5) is 0 Å². The summed E-state index contributed by atoms with van der Waals surface area (Å²) in [6.07, 6.45) is 3.28. The summed E-state index contributed by atoms with van der Waals surface area (Å²) in [5.41, 5.74) is 1.11. The number of hydrogen-bond acceptors (Lipinski definition) is 3. The molecule has 1 N–H and O–H groups in total. The first-order valence-electron chi connectivity index (χ1n) is 7.45. The molecule has 1 saturated carbocycles. The summed E-state index contributed by atoms with van der Waals surface area (Å²) in [6, 6.07) is 2.00. The average Bonchev–Trinajstić information content (AvgIpc) is 2.82. The topological polar surface area (TPSA) is 47.3 Å². The van der Waals surface area contributed by atoms with Crippen molar-refractivity contribution in [2.45, 2.75) is 69.9 Å². The summed E-state index contributed by atoms with van der Waals surface area (Å²) in [5.74, 6) is 0.150. The summed E-state index contributed by atoms with van der Waals surface area (Å²) in [4.78, 5) is 0. The molecule has 20 heavy (non-hydrogen) atoms. The maximum atomic E-state index is 10.3. The Kier molecular flexibility index (Phi) is 4.15. The van der Waals surface area contributed by atoms with E-state index < -0.39 is 8.32 Å². The van der Waals surface area contributed by atoms with Crippen LogP contribution in [0.25, 0.3) is 0 Å². The second-order valence-corrected chi connectivity index (χ2v) is 12.3. The molecule has 0 aliphatic heterocycles. The second kappa shape index (κ2) is 5.28. The van der Waals surface area contributed by atoms with Gasteiger partial charge in [-0.1, -0.05) is 20.8 Å². The fraction of sp³-hybridized carbons (Fsp3) is 0.800. The van der Waals surface area contributed by atoms with E-state index in [-0.39, 0.29) is 23.2 Å². The zero-order chi connectivity index (χ0) is 15.1. The fourth-order valence-corrected chi connectivity index (χ4v) is 4.10. The number of aliphatic hydroxyl groups is 1. The zero-order valence-electron chi connectivity index (χ0n) is 13.6. The van der Waals surface area contributed by atoms with Gasteiger partial charge in [-0.15, -0.1) is 0 Å². The smallest absolute Gasteiger partial charge is 0.192 e. The fourth-order valence-electron chi connectivity index (χ4n) is 2.73. The van der Waals surface area contributed by atoms with Crippen LogP contribution in [0.1, 0.15) is 45.2 Å². The number of nitrogens with zero attached hydrogens (tertiary/aromatic N) is 2. The molecule has 5 heteroatoms. The molecular weight excluding hydrogens is 268 g/mol. The van der Waals surface area contributed by atoms with Crippen molar-refractivity contribution < 1.29 is 9.53 Å². The third-order valence-electron chi connectivity index (χ3n) is 4.99. The quantitative estimate of drug-likeness (QED) is 0.872. The highest BCUT2D eigenvalue weighted by Gasteiger charge is 2.43. The number of aromatic nitrogens is 2. The molecule has 1 aliphatic carbocycles. The SMILES string of the molecule is Cn1nccc1[C@@H]1C[C@@H](O[Si](C)(C)C(C)(C)C)C[C@@H]1O. The first kappa shape index (κ1) is 15.7. The van der Waals surface area contributed by atoms with Crippen LogP contribution >= 0.6 is 0 Å². The van der Waals surface area contributed by atoms with Gasteiger partial charge in [0, 0.05) is 31.0 Å². The van der Waals surface area contributed by atoms with Crippen molar-refractivity contribution in [3.63, 3.8) is 0 Å². The predicted molar refractivity (Wildman–Crippen MR) is 83.3 cm³/mol. The van der Waals surface area contributed by atoms with Gasteiger partial charge in [0.05, 0.1) is 6.10 Å². The van der Waals surface area contributed by atoms with E-state index in [1.807, 2.05) is 17.8 Å². The van der Waals surface area contributed by atoms with Crippen LogP contribution in [0.3, 0.4) is 0 Å². The zero-order valence-corrected chi connectivity index (χ0v) is 14.6. The van der Waals surface area contributed by atoms with Crippen LogP contribution in [0.2, 0.25) is 18.1 Å². The maximum absolute atomic E-state index is 10.3. The summed E-state index contributed by atoms with van der Waals surface area (Å²) >= 11 is 0. The van der Waals surface area contributed by atoms with Gasteiger partial charge < -0.3 is 9.53 Å². The Bertz CT molecular complexity index is 465. The molecule has 1 aromatic heterocycles. The van der Waals surface area contributed by atoms with E-state index >= 15 is 0 Å². The highest BCUT2D eigenvalue weighted by molar-refractivity contribution is 6.74. The van der Waals surface area contributed by atoms with Crippen molar-refractivity contribution >= 4 is 8.32 Å². The van der Waals surface area contributed by atoms with Crippen molar-refractivity contribution in [2.24, 2.45) is 7.05 Å². The first-order chi connectivity index (χ1) is 9.12. The average molecular weight is 296 g/mol. The minimum Gasteiger partial charge on any atom is -0.414 e. The molecule has 4 nitrogen and oxygen atoms in total. The van der Waals surface area contributed by atoms with Gasteiger partial charge >= 0.3 is 0 Å². The molecule has 1 fully saturated rings. The first-order valence-corrected chi connectivity index (χ1v) is 10.4. The van der Waals surface area contributed by atoms with Crippen LogP contribution < -0.4 is 0 Å². The Labute approximate surface area is 123 Å². The number of rotatable bonds is 3. The van der Waals surface area contributed by atoms with Crippen LogP contribution in [-0.4, -0.2) is 35.4 Å². The van der Waals surface area contributed by atoms with Crippen molar-refractivity contribution in [3.8, 4) is 0 Å². The molecule has 1 aromatic rings. The van der Waals surface area contributed by atoms with Gasteiger partial charge in [0.2, 0.25) is 0 Å².